The van der Waals surface area contributed by atoms with Crippen molar-refractivity contribution in [2.75, 3.05) is 0 Å². The van der Waals surface area contributed by atoms with Gasteiger partial charge in [0.1, 0.15) is 0 Å². The molecule has 0 aliphatic rings. The van der Waals surface area contributed by atoms with Crippen molar-refractivity contribution in [2.45, 2.75) is 12.8 Å². The zero-order valence-electron chi connectivity index (χ0n) is 4.11. The Labute approximate surface area is 40.6 Å². The van der Waals surface area contributed by atoms with Gasteiger partial charge in [-0.05, 0) is 5.92 Å². The first-order valence-electron chi connectivity index (χ1n) is 2.22. The second-order valence-electron chi connectivity index (χ2n) is 1.51. The van der Waals surface area contributed by atoms with Gasteiger partial charge < -0.3 is 0 Å². The molecule has 6 heavy (non-hydrogen) atoms. The van der Waals surface area contributed by atoms with E-state index in [-0.39, 0.29) is 0 Å². The summed E-state index contributed by atoms with van der Waals surface area (Å²) in [6.07, 6.45) is 2.00. The standard InChI is InChI=1S/C6H11/c1-4-5-6(2)3/h6H,1-5H2. The van der Waals surface area contributed by atoms with Crippen molar-refractivity contribution < 1.29 is 0 Å². The fourth-order valence-electron chi connectivity index (χ4n) is 0.289. The van der Waals surface area contributed by atoms with Crippen LogP contribution in [0.5, 0.6) is 0 Å². The molecule has 0 aliphatic heterocycles. The Morgan fingerprint density at radius 1 is 1.33 bits per heavy atom. The van der Waals surface area contributed by atoms with Gasteiger partial charge in [-0.15, -0.1) is 0 Å². The second-order valence-corrected chi connectivity index (χ2v) is 1.51. The maximum Gasteiger partial charge on any atom is -0.0414 e. The Kier molecular flexibility index (Phi) is 3.20. The van der Waals surface area contributed by atoms with Crippen LogP contribution in [-0.4, -0.2) is 0 Å². The Morgan fingerprint density at radius 2 is 1.83 bits per heavy atom. The van der Waals surface area contributed by atoms with E-state index in [9.17, 15) is 0 Å². The molecule has 0 nitrogen and oxygen atoms in total. The van der Waals surface area contributed by atoms with Crippen molar-refractivity contribution in [1.82, 2.24) is 0 Å². The topological polar surface area (TPSA) is 0 Å². The van der Waals surface area contributed by atoms with Crippen LogP contribution in [0.4, 0.5) is 0 Å². The molecule has 0 aromatic carbocycles. The molecule has 35 valence electrons. The summed E-state index contributed by atoms with van der Waals surface area (Å²) in [5.74, 6) is 0.336. The van der Waals surface area contributed by atoms with E-state index in [2.05, 4.69) is 20.8 Å². The van der Waals surface area contributed by atoms with Crippen LogP contribution in [-0.2, 0) is 0 Å². The van der Waals surface area contributed by atoms with Crippen molar-refractivity contribution in [1.29, 1.82) is 0 Å². The molecule has 0 fully saturated rings. The van der Waals surface area contributed by atoms with E-state index in [0.29, 0.717) is 5.92 Å². The quantitative estimate of drug-likeness (QED) is 0.478. The highest BCUT2D eigenvalue weighted by atomic mass is 13.9. The van der Waals surface area contributed by atoms with E-state index in [1.165, 1.54) is 0 Å². The Hall–Kier alpha value is 0. The van der Waals surface area contributed by atoms with Gasteiger partial charge >= 0.3 is 0 Å². The first-order valence-corrected chi connectivity index (χ1v) is 2.22. The lowest BCUT2D eigenvalue weighted by molar-refractivity contribution is 0.713. The van der Waals surface area contributed by atoms with Crippen molar-refractivity contribution in [2.24, 2.45) is 5.92 Å². The van der Waals surface area contributed by atoms with E-state index in [1.54, 1.807) is 0 Å². The average Bonchev–Trinajstić information content (AvgIpc) is 1.35. The molecule has 3 radical (unpaired) electrons. The Balaban J connectivity index is 2.63. The monoisotopic (exact) mass is 83.1 g/mol. The van der Waals surface area contributed by atoms with Crippen LogP contribution in [0, 0.1) is 26.7 Å². The first-order chi connectivity index (χ1) is 2.77. The van der Waals surface area contributed by atoms with Gasteiger partial charge in [0.15, 0.2) is 0 Å². The molecule has 0 unspecified atom stereocenters. The lowest BCUT2D eigenvalue weighted by Gasteiger charge is -1.95. The minimum Gasteiger partial charge on any atom is -0.0533 e. The molecule has 0 atom stereocenters. The van der Waals surface area contributed by atoms with Crippen LogP contribution in [0.2, 0.25) is 0 Å². The van der Waals surface area contributed by atoms with E-state index in [1.807, 2.05) is 0 Å². The van der Waals surface area contributed by atoms with Gasteiger partial charge in [-0.2, -0.15) is 0 Å². The fraction of sp³-hybridized carbons (Fsp3) is 0.500. The fourth-order valence-corrected chi connectivity index (χ4v) is 0.289. The summed E-state index contributed by atoms with van der Waals surface area (Å²) in [6.45, 7) is 11.0. The summed E-state index contributed by atoms with van der Waals surface area (Å²) in [6, 6.07) is 0. The predicted molar refractivity (Wildman–Crippen MR) is 28.8 cm³/mol. The third kappa shape index (κ3) is 4.00. The van der Waals surface area contributed by atoms with Gasteiger partial charge in [-0.25, -0.2) is 0 Å². The van der Waals surface area contributed by atoms with Gasteiger partial charge in [-0.1, -0.05) is 33.6 Å². The van der Waals surface area contributed by atoms with Crippen LogP contribution in [0.1, 0.15) is 12.8 Å². The normalized spacial score (nSPS) is 10.0. The number of rotatable bonds is 2. The zero-order valence-corrected chi connectivity index (χ0v) is 4.11. The highest BCUT2D eigenvalue weighted by Gasteiger charge is 1.86. The van der Waals surface area contributed by atoms with Crippen LogP contribution in [0.3, 0.4) is 0 Å². The Morgan fingerprint density at radius 3 is 1.83 bits per heavy atom. The number of hydrogen-bond acceptors (Lipinski definition) is 0. The minimum atomic E-state index is 0.336. The summed E-state index contributed by atoms with van der Waals surface area (Å²) < 4.78 is 0. The predicted octanol–water partition coefficient (Wildman–Crippen LogP) is 1.89. The number of hydrogen-bond donors (Lipinski definition) is 0. The molecule has 0 aromatic heterocycles. The van der Waals surface area contributed by atoms with Crippen molar-refractivity contribution in [3.05, 3.63) is 20.8 Å². The molecule has 0 N–H and O–H groups in total. The third-order valence-corrected chi connectivity index (χ3v) is 0.612. The average molecular weight is 83.2 g/mol. The summed E-state index contributed by atoms with van der Waals surface area (Å²) in [4.78, 5) is 0. The minimum absolute atomic E-state index is 0.336. The van der Waals surface area contributed by atoms with Gasteiger partial charge in [0.25, 0.3) is 0 Å². The highest BCUT2D eigenvalue weighted by Crippen LogP contribution is 1.98. The second kappa shape index (κ2) is 3.20. The molecule has 0 bridgehead atoms. The third-order valence-electron chi connectivity index (χ3n) is 0.612. The van der Waals surface area contributed by atoms with Crippen LogP contribution < -0.4 is 0 Å². The summed E-state index contributed by atoms with van der Waals surface area (Å²) in [7, 11) is 0. The van der Waals surface area contributed by atoms with Crippen molar-refractivity contribution in [3.8, 4) is 0 Å². The van der Waals surface area contributed by atoms with Crippen LogP contribution >= 0.6 is 0 Å². The van der Waals surface area contributed by atoms with E-state index >= 15 is 0 Å². The van der Waals surface area contributed by atoms with E-state index in [0.717, 1.165) is 12.8 Å². The summed E-state index contributed by atoms with van der Waals surface area (Å²) in [5, 5.41) is 0. The van der Waals surface area contributed by atoms with Crippen molar-refractivity contribution in [3.63, 3.8) is 0 Å². The lowest BCUT2D eigenvalue weighted by Crippen LogP contribution is -1.83. The molecule has 0 rings (SSSR count). The van der Waals surface area contributed by atoms with E-state index < -0.39 is 0 Å². The maximum atomic E-state index is 3.68. The maximum absolute atomic E-state index is 3.68. The van der Waals surface area contributed by atoms with Crippen LogP contribution in [0.15, 0.2) is 0 Å². The highest BCUT2D eigenvalue weighted by molar-refractivity contribution is 4.62. The molecule has 0 amide bonds. The molecular formula is C6H11. The molecule has 0 aromatic rings. The van der Waals surface area contributed by atoms with Gasteiger partial charge in [0.05, 0.1) is 0 Å². The molecule has 0 heterocycles. The molecule has 0 saturated heterocycles. The van der Waals surface area contributed by atoms with Gasteiger partial charge in [0, 0.05) is 0 Å². The van der Waals surface area contributed by atoms with Crippen LogP contribution in [0.25, 0.3) is 0 Å². The Bertz CT molecular complexity index is 21.2. The summed E-state index contributed by atoms with van der Waals surface area (Å²) >= 11 is 0. The zero-order chi connectivity index (χ0) is 4.99. The lowest BCUT2D eigenvalue weighted by atomic mass is 10.1. The molecular weight excluding hydrogens is 72.1 g/mol. The molecule has 0 spiro atoms. The molecule has 0 aliphatic carbocycles. The smallest absolute Gasteiger partial charge is 0.0414 e. The largest absolute Gasteiger partial charge is 0.0533 e. The molecule has 0 heteroatoms. The van der Waals surface area contributed by atoms with Gasteiger partial charge in [-0.3, -0.25) is 0 Å². The van der Waals surface area contributed by atoms with Gasteiger partial charge in [0.2, 0.25) is 0 Å². The molecule has 0 saturated carbocycles. The van der Waals surface area contributed by atoms with Crippen molar-refractivity contribution >= 4 is 0 Å². The summed E-state index contributed by atoms with van der Waals surface area (Å²) in [5.41, 5.74) is 0. The first kappa shape index (κ1) is 6.00. The SMILES string of the molecule is [CH2]CCC([CH2])[CH2]. The van der Waals surface area contributed by atoms with E-state index in [4.69, 9.17) is 0 Å².